The summed E-state index contributed by atoms with van der Waals surface area (Å²) in [6.45, 7) is 3.71. The third-order valence-electron chi connectivity index (χ3n) is 2.07. The third kappa shape index (κ3) is 3.04. The standard InChI is InChI=1S/C12H9BrN2O3/c1-8(13)6-17-12(16)10-4-2-3-9(5-10)11-15-14-7-18-11/h2-5,7H,1,6H2. The first-order valence-electron chi connectivity index (χ1n) is 5.04. The minimum absolute atomic E-state index is 0.129. The predicted octanol–water partition coefficient (Wildman–Crippen LogP) is 2.80. The summed E-state index contributed by atoms with van der Waals surface area (Å²) in [4.78, 5) is 11.7. The zero-order valence-corrected chi connectivity index (χ0v) is 10.9. The van der Waals surface area contributed by atoms with Crippen molar-refractivity contribution in [2.45, 2.75) is 0 Å². The van der Waals surface area contributed by atoms with E-state index in [1.54, 1.807) is 24.3 Å². The number of benzene rings is 1. The number of hydrogen-bond acceptors (Lipinski definition) is 5. The van der Waals surface area contributed by atoms with Gasteiger partial charge in [0.1, 0.15) is 6.61 Å². The van der Waals surface area contributed by atoms with E-state index in [1.165, 1.54) is 6.39 Å². The highest BCUT2D eigenvalue weighted by Gasteiger charge is 2.10. The first kappa shape index (κ1) is 12.5. The molecule has 0 saturated carbocycles. The zero-order chi connectivity index (χ0) is 13.0. The second kappa shape index (κ2) is 5.59. The van der Waals surface area contributed by atoms with Crippen molar-refractivity contribution in [2.75, 3.05) is 6.61 Å². The molecule has 0 radical (unpaired) electrons. The zero-order valence-electron chi connectivity index (χ0n) is 9.30. The van der Waals surface area contributed by atoms with Crippen LogP contribution in [0.15, 0.2) is 46.1 Å². The molecule has 1 aromatic heterocycles. The summed E-state index contributed by atoms with van der Waals surface area (Å²) in [7, 11) is 0. The Morgan fingerprint density at radius 1 is 1.50 bits per heavy atom. The van der Waals surface area contributed by atoms with Gasteiger partial charge in [-0.25, -0.2) is 4.79 Å². The fourth-order valence-corrected chi connectivity index (χ4v) is 1.42. The molecule has 92 valence electrons. The number of carbonyl (C=O) groups excluding carboxylic acids is 1. The van der Waals surface area contributed by atoms with E-state index in [0.29, 0.717) is 21.5 Å². The van der Waals surface area contributed by atoms with Gasteiger partial charge in [-0.3, -0.25) is 0 Å². The summed E-state index contributed by atoms with van der Waals surface area (Å²) >= 11 is 3.12. The number of aromatic nitrogens is 2. The molecule has 2 aromatic rings. The number of ether oxygens (including phenoxy) is 1. The molecule has 18 heavy (non-hydrogen) atoms. The van der Waals surface area contributed by atoms with Crippen LogP contribution in [0.2, 0.25) is 0 Å². The lowest BCUT2D eigenvalue weighted by atomic mass is 10.1. The molecular formula is C12H9BrN2O3. The lowest BCUT2D eigenvalue weighted by Gasteiger charge is -2.04. The normalized spacial score (nSPS) is 10.1. The van der Waals surface area contributed by atoms with Crippen LogP contribution in [-0.2, 0) is 4.74 Å². The van der Waals surface area contributed by atoms with E-state index in [2.05, 4.69) is 32.7 Å². The maximum absolute atomic E-state index is 11.7. The van der Waals surface area contributed by atoms with Crippen molar-refractivity contribution >= 4 is 21.9 Å². The summed E-state index contributed by atoms with van der Waals surface area (Å²) in [6.07, 6.45) is 1.23. The van der Waals surface area contributed by atoms with Crippen molar-refractivity contribution < 1.29 is 13.9 Å². The molecule has 1 aromatic carbocycles. The number of carbonyl (C=O) groups is 1. The highest BCUT2D eigenvalue weighted by molar-refractivity contribution is 9.11. The smallest absolute Gasteiger partial charge is 0.338 e. The molecule has 0 N–H and O–H groups in total. The molecule has 0 aliphatic heterocycles. The Hall–Kier alpha value is -1.95. The number of hydrogen-bond donors (Lipinski definition) is 0. The molecule has 6 heteroatoms. The first-order chi connectivity index (χ1) is 8.66. The molecule has 0 spiro atoms. The van der Waals surface area contributed by atoms with Crippen LogP contribution < -0.4 is 0 Å². The van der Waals surface area contributed by atoms with Crippen molar-refractivity contribution in [2.24, 2.45) is 0 Å². The molecule has 2 rings (SSSR count). The van der Waals surface area contributed by atoms with Gasteiger partial charge in [-0.1, -0.05) is 28.6 Å². The molecule has 0 unspecified atom stereocenters. The lowest BCUT2D eigenvalue weighted by Crippen LogP contribution is -2.06. The predicted molar refractivity (Wildman–Crippen MR) is 68.1 cm³/mol. The molecule has 0 aliphatic rings. The van der Waals surface area contributed by atoms with Gasteiger partial charge in [0.15, 0.2) is 0 Å². The number of halogens is 1. The summed E-state index contributed by atoms with van der Waals surface area (Å²) < 4.78 is 10.7. The fraction of sp³-hybridized carbons (Fsp3) is 0.0833. The number of esters is 1. The van der Waals surface area contributed by atoms with Crippen LogP contribution in [0.1, 0.15) is 10.4 Å². The summed E-state index contributed by atoms with van der Waals surface area (Å²) in [6, 6.07) is 6.78. The maximum Gasteiger partial charge on any atom is 0.338 e. The highest BCUT2D eigenvalue weighted by Crippen LogP contribution is 2.18. The van der Waals surface area contributed by atoms with E-state index >= 15 is 0 Å². The van der Waals surface area contributed by atoms with Crippen molar-refractivity contribution in [1.82, 2.24) is 10.2 Å². The van der Waals surface area contributed by atoms with Crippen LogP contribution in [0.3, 0.4) is 0 Å². The number of nitrogens with zero attached hydrogens (tertiary/aromatic N) is 2. The number of rotatable bonds is 4. The SMILES string of the molecule is C=C(Br)COC(=O)c1cccc(-c2nnco2)c1. The minimum atomic E-state index is -0.433. The van der Waals surface area contributed by atoms with E-state index in [1.807, 2.05) is 0 Å². The Balaban J connectivity index is 2.17. The van der Waals surface area contributed by atoms with Gasteiger partial charge in [-0.15, -0.1) is 10.2 Å². The second-order valence-corrected chi connectivity index (χ2v) is 4.54. The van der Waals surface area contributed by atoms with E-state index in [-0.39, 0.29) is 6.61 Å². The van der Waals surface area contributed by atoms with Gasteiger partial charge in [-0.2, -0.15) is 0 Å². The first-order valence-corrected chi connectivity index (χ1v) is 5.83. The van der Waals surface area contributed by atoms with Crippen LogP contribution in [0.4, 0.5) is 0 Å². The van der Waals surface area contributed by atoms with E-state index in [0.717, 1.165) is 0 Å². The molecule has 0 saturated heterocycles. The second-order valence-electron chi connectivity index (χ2n) is 3.42. The molecular weight excluding hydrogens is 300 g/mol. The molecule has 1 heterocycles. The largest absolute Gasteiger partial charge is 0.457 e. The summed E-state index contributed by atoms with van der Waals surface area (Å²) in [5, 5.41) is 7.35. The Morgan fingerprint density at radius 3 is 3.00 bits per heavy atom. The fourth-order valence-electron chi connectivity index (χ4n) is 1.31. The molecule has 0 aliphatic carbocycles. The summed E-state index contributed by atoms with van der Waals surface area (Å²) in [5.74, 6) is -0.0773. The van der Waals surface area contributed by atoms with Crippen molar-refractivity contribution in [3.05, 3.63) is 47.3 Å². The van der Waals surface area contributed by atoms with E-state index in [4.69, 9.17) is 9.15 Å². The molecule has 0 fully saturated rings. The van der Waals surface area contributed by atoms with E-state index in [9.17, 15) is 4.79 Å². The Morgan fingerprint density at radius 2 is 2.33 bits per heavy atom. The van der Waals surface area contributed by atoms with Crippen LogP contribution in [0, 0.1) is 0 Å². The van der Waals surface area contributed by atoms with Crippen LogP contribution >= 0.6 is 15.9 Å². The maximum atomic E-state index is 11.7. The van der Waals surface area contributed by atoms with E-state index < -0.39 is 5.97 Å². The van der Waals surface area contributed by atoms with Crippen LogP contribution in [-0.4, -0.2) is 22.8 Å². The Kier molecular flexibility index (Phi) is 3.88. The summed E-state index contributed by atoms with van der Waals surface area (Å²) in [5.41, 5.74) is 1.08. The van der Waals surface area contributed by atoms with Gasteiger partial charge in [0, 0.05) is 10.0 Å². The van der Waals surface area contributed by atoms with Gasteiger partial charge in [0.25, 0.3) is 0 Å². The van der Waals surface area contributed by atoms with Crippen molar-refractivity contribution in [3.8, 4) is 11.5 Å². The van der Waals surface area contributed by atoms with Gasteiger partial charge < -0.3 is 9.15 Å². The van der Waals surface area contributed by atoms with Gasteiger partial charge in [0.05, 0.1) is 5.56 Å². The topological polar surface area (TPSA) is 65.2 Å². The average Bonchev–Trinajstić information content (AvgIpc) is 2.90. The van der Waals surface area contributed by atoms with Crippen molar-refractivity contribution in [3.63, 3.8) is 0 Å². The molecule has 0 amide bonds. The molecule has 5 nitrogen and oxygen atoms in total. The quantitative estimate of drug-likeness (QED) is 0.813. The molecule has 0 atom stereocenters. The van der Waals surface area contributed by atoms with Gasteiger partial charge in [0.2, 0.25) is 12.3 Å². The molecule has 0 bridgehead atoms. The van der Waals surface area contributed by atoms with Gasteiger partial charge in [-0.05, 0) is 18.2 Å². The lowest BCUT2D eigenvalue weighted by molar-refractivity contribution is 0.0547. The van der Waals surface area contributed by atoms with Crippen LogP contribution in [0.5, 0.6) is 0 Å². The highest BCUT2D eigenvalue weighted by atomic mass is 79.9. The monoisotopic (exact) mass is 308 g/mol. The Bertz CT molecular complexity index is 566. The third-order valence-corrected chi connectivity index (χ3v) is 2.29. The van der Waals surface area contributed by atoms with Crippen LogP contribution in [0.25, 0.3) is 11.5 Å². The Labute approximate surface area is 112 Å². The minimum Gasteiger partial charge on any atom is -0.457 e. The van der Waals surface area contributed by atoms with Gasteiger partial charge >= 0.3 is 5.97 Å². The van der Waals surface area contributed by atoms with Crippen molar-refractivity contribution in [1.29, 1.82) is 0 Å². The average molecular weight is 309 g/mol.